The summed E-state index contributed by atoms with van der Waals surface area (Å²) < 4.78 is 11.3. The summed E-state index contributed by atoms with van der Waals surface area (Å²) in [6.07, 6.45) is 1.48. The number of nitrogens with one attached hydrogen (secondary N) is 1. The lowest BCUT2D eigenvalue weighted by atomic mass is 9.71. The molecule has 4 rings (SSSR count). The van der Waals surface area contributed by atoms with E-state index < -0.39 is 11.9 Å². The summed E-state index contributed by atoms with van der Waals surface area (Å²) >= 11 is 0. The van der Waals surface area contributed by atoms with Crippen molar-refractivity contribution in [3.05, 3.63) is 82.2 Å². The Bertz CT molecular complexity index is 1180. The molecule has 2 N–H and O–H groups in total. The van der Waals surface area contributed by atoms with Crippen LogP contribution in [-0.4, -0.2) is 29.6 Å². The highest BCUT2D eigenvalue weighted by Gasteiger charge is 2.41. The fourth-order valence-corrected chi connectivity index (χ4v) is 4.91. The van der Waals surface area contributed by atoms with Crippen LogP contribution in [0.15, 0.2) is 71.1 Å². The monoisotopic (exact) mass is 475 g/mol. The summed E-state index contributed by atoms with van der Waals surface area (Å²) in [5, 5.41) is 13.6. The van der Waals surface area contributed by atoms with Crippen LogP contribution in [-0.2, 0) is 14.3 Å². The summed E-state index contributed by atoms with van der Waals surface area (Å²) in [5.74, 6) is -0.636. The van der Waals surface area contributed by atoms with Crippen molar-refractivity contribution in [2.75, 3.05) is 6.61 Å². The predicted molar refractivity (Wildman–Crippen MR) is 134 cm³/mol. The summed E-state index contributed by atoms with van der Waals surface area (Å²) in [5.41, 5.74) is 4.36. The van der Waals surface area contributed by atoms with Gasteiger partial charge in [0.1, 0.15) is 0 Å². The Morgan fingerprint density at radius 3 is 2.54 bits per heavy atom. The molecule has 6 nitrogen and oxygen atoms in total. The number of Topliss-reactive ketones (excluding diaryl/α,β-unsaturated/α-hetero) is 1. The summed E-state index contributed by atoms with van der Waals surface area (Å²) in [6.45, 7) is 7.88. The van der Waals surface area contributed by atoms with Gasteiger partial charge < -0.3 is 19.9 Å². The number of phenols is 1. The van der Waals surface area contributed by atoms with Gasteiger partial charge in [0.15, 0.2) is 17.3 Å². The Morgan fingerprint density at radius 1 is 1.11 bits per heavy atom. The van der Waals surface area contributed by atoms with Gasteiger partial charge >= 0.3 is 5.97 Å². The van der Waals surface area contributed by atoms with Crippen molar-refractivity contribution >= 4 is 11.8 Å². The van der Waals surface area contributed by atoms with Crippen LogP contribution in [0.3, 0.4) is 0 Å². The minimum Gasteiger partial charge on any atom is -0.504 e. The molecule has 184 valence electrons. The van der Waals surface area contributed by atoms with Gasteiger partial charge in [0, 0.05) is 29.3 Å². The van der Waals surface area contributed by atoms with Crippen LogP contribution >= 0.6 is 0 Å². The maximum atomic E-state index is 13.7. The number of rotatable bonds is 7. The molecule has 0 amide bonds. The molecule has 1 heterocycles. The molecule has 0 bridgehead atoms. The lowest BCUT2D eigenvalue weighted by Gasteiger charge is -2.37. The Morgan fingerprint density at radius 2 is 1.86 bits per heavy atom. The molecule has 6 heteroatoms. The van der Waals surface area contributed by atoms with Gasteiger partial charge in [-0.05, 0) is 62.8 Å². The molecule has 3 atom stereocenters. The topological polar surface area (TPSA) is 84.9 Å². The number of aromatic hydroxyl groups is 1. The van der Waals surface area contributed by atoms with Crippen LogP contribution in [0.1, 0.15) is 69.9 Å². The summed E-state index contributed by atoms with van der Waals surface area (Å²) in [7, 11) is 0. The van der Waals surface area contributed by atoms with Crippen molar-refractivity contribution < 1.29 is 24.2 Å². The fraction of sp³-hybridized carbons (Fsp3) is 0.379. The number of phenolic OH excluding ortho intramolecular Hbond substituents is 1. The van der Waals surface area contributed by atoms with E-state index in [1.807, 2.05) is 45.9 Å². The molecule has 1 aliphatic heterocycles. The first-order valence-electron chi connectivity index (χ1n) is 12.3. The summed E-state index contributed by atoms with van der Waals surface area (Å²) in [6, 6.07) is 15.1. The molecule has 35 heavy (non-hydrogen) atoms. The van der Waals surface area contributed by atoms with Gasteiger partial charge in [0.2, 0.25) is 0 Å². The lowest BCUT2D eigenvalue weighted by molar-refractivity contribution is -0.144. The molecule has 0 fully saturated rings. The van der Waals surface area contributed by atoms with Crippen LogP contribution in [0.5, 0.6) is 11.5 Å². The average molecular weight is 476 g/mol. The predicted octanol–water partition coefficient (Wildman–Crippen LogP) is 5.49. The normalized spacial score (nSPS) is 20.7. The van der Waals surface area contributed by atoms with Gasteiger partial charge in [0.05, 0.1) is 18.3 Å². The van der Waals surface area contributed by atoms with Crippen molar-refractivity contribution in [3.63, 3.8) is 0 Å². The molecule has 2 aromatic carbocycles. The fourth-order valence-electron chi connectivity index (χ4n) is 4.91. The van der Waals surface area contributed by atoms with E-state index in [-0.39, 0.29) is 23.6 Å². The number of dihydropyridines is 1. The third-order valence-corrected chi connectivity index (χ3v) is 6.82. The Balaban J connectivity index is 1.81. The van der Waals surface area contributed by atoms with Gasteiger partial charge in [-0.25, -0.2) is 4.79 Å². The minimum absolute atomic E-state index is 0.00461. The number of hydrogen-bond acceptors (Lipinski definition) is 6. The van der Waals surface area contributed by atoms with Crippen molar-refractivity contribution in [2.24, 2.45) is 0 Å². The zero-order chi connectivity index (χ0) is 25.1. The summed E-state index contributed by atoms with van der Waals surface area (Å²) in [4.78, 5) is 27.0. The van der Waals surface area contributed by atoms with Crippen LogP contribution in [0.4, 0.5) is 0 Å². The number of hydrogen-bond donors (Lipinski definition) is 2. The Hall–Kier alpha value is -3.54. The number of ketones is 1. The molecule has 0 saturated heterocycles. The van der Waals surface area contributed by atoms with E-state index in [1.165, 1.54) is 0 Å². The highest BCUT2D eigenvalue weighted by Crippen LogP contribution is 2.47. The van der Waals surface area contributed by atoms with E-state index in [4.69, 9.17) is 9.47 Å². The second-order valence-corrected chi connectivity index (χ2v) is 9.21. The largest absolute Gasteiger partial charge is 0.504 e. The standard InChI is InChI=1S/C29H33NO5/c1-5-17(3)35-29(33)26-18(4)30-22-14-21(19-10-8-7-9-11-19)15-24(32)28(22)27(26)20-12-13-23(31)25(16-20)34-6-2/h7-13,16-17,21,27,30-31H,5-6,14-15H2,1-4H3/t17-,21+,27+/m0/s1. The van der Waals surface area contributed by atoms with Gasteiger partial charge in [-0.1, -0.05) is 43.3 Å². The number of benzene rings is 2. The van der Waals surface area contributed by atoms with Gasteiger partial charge in [-0.3, -0.25) is 4.79 Å². The van der Waals surface area contributed by atoms with Gasteiger partial charge in [-0.15, -0.1) is 0 Å². The van der Waals surface area contributed by atoms with E-state index in [0.717, 1.165) is 11.3 Å². The molecular weight excluding hydrogens is 442 g/mol. The minimum atomic E-state index is -0.605. The van der Waals surface area contributed by atoms with Crippen LogP contribution in [0.25, 0.3) is 0 Å². The van der Waals surface area contributed by atoms with Gasteiger partial charge in [-0.2, -0.15) is 0 Å². The maximum absolute atomic E-state index is 13.7. The molecule has 0 radical (unpaired) electrons. The zero-order valence-corrected chi connectivity index (χ0v) is 20.8. The van der Waals surface area contributed by atoms with E-state index in [0.29, 0.717) is 54.0 Å². The zero-order valence-electron chi connectivity index (χ0n) is 20.8. The highest BCUT2D eigenvalue weighted by molar-refractivity contribution is 6.04. The molecule has 2 aliphatic rings. The maximum Gasteiger partial charge on any atom is 0.337 e. The van der Waals surface area contributed by atoms with Crippen LogP contribution < -0.4 is 10.1 Å². The molecule has 0 unspecified atom stereocenters. The van der Waals surface area contributed by atoms with Crippen LogP contribution in [0.2, 0.25) is 0 Å². The second-order valence-electron chi connectivity index (χ2n) is 9.21. The first kappa shape index (κ1) is 24.6. The molecule has 0 aromatic heterocycles. The van der Waals surface area contributed by atoms with E-state index >= 15 is 0 Å². The number of esters is 1. The number of carbonyl (C=O) groups excluding carboxylic acids is 2. The number of allylic oxidation sites excluding steroid dienone is 3. The second kappa shape index (κ2) is 10.4. The van der Waals surface area contributed by atoms with Crippen LogP contribution in [0, 0.1) is 0 Å². The number of ether oxygens (including phenoxy) is 2. The smallest absolute Gasteiger partial charge is 0.337 e. The van der Waals surface area contributed by atoms with E-state index in [9.17, 15) is 14.7 Å². The van der Waals surface area contributed by atoms with Gasteiger partial charge in [0.25, 0.3) is 0 Å². The molecule has 0 spiro atoms. The van der Waals surface area contributed by atoms with Crippen molar-refractivity contribution in [1.82, 2.24) is 5.32 Å². The Labute approximate surface area is 206 Å². The SMILES string of the molecule is CCOc1cc([C@@H]2C(C(=O)O[C@@H](C)CC)=C(C)NC3=C2C(=O)C[C@H](c2ccccc2)C3)ccc1O. The van der Waals surface area contributed by atoms with Crippen molar-refractivity contribution in [1.29, 1.82) is 0 Å². The van der Waals surface area contributed by atoms with Crippen molar-refractivity contribution in [3.8, 4) is 11.5 Å². The lowest BCUT2D eigenvalue weighted by Crippen LogP contribution is -2.36. The van der Waals surface area contributed by atoms with Crippen molar-refractivity contribution in [2.45, 2.75) is 64.9 Å². The molecule has 2 aromatic rings. The average Bonchev–Trinajstić information content (AvgIpc) is 2.85. The number of carbonyl (C=O) groups is 2. The highest BCUT2D eigenvalue weighted by atomic mass is 16.5. The molecular formula is C29H33NO5. The quantitative estimate of drug-likeness (QED) is 0.515. The first-order valence-corrected chi connectivity index (χ1v) is 12.3. The van der Waals surface area contributed by atoms with E-state index in [2.05, 4.69) is 17.4 Å². The molecule has 0 saturated carbocycles. The first-order chi connectivity index (χ1) is 16.8. The third-order valence-electron chi connectivity index (χ3n) is 6.82. The Kier molecular flexibility index (Phi) is 7.29. The molecule has 1 aliphatic carbocycles. The third kappa shape index (κ3) is 4.97. The van der Waals surface area contributed by atoms with E-state index in [1.54, 1.807) is 18.2 Å².